The summed E-state index contributed by atoms with van der Waals surface area (Å²) in [6.45, 7) is 6.20. The number of piperazine rings is 1. The first-order valence-corrected chi connectivity index (χ1v) is 12.8. The summed E-state index contributed by atoms with van der Waals surface area (Å²) in [4.78, 5) is 18.7. The topological polar surface area (TPSA) is 99.0 Å². The third-order valence-corrected chi connectivity index (χ3v) is 7.15. The van der Waals surface area contributed by atoms with Gasteiger partial charge in [-0.3, -0.25) is 9.47 Å². The van der Waals surface area contributed by atoms with Gasteiger partial charge < -0.3 is 28.9 Å². The van der Waals surface area contributed by atoms with Crippen LogP contribution in [0.2, 0.25) is 0 Å². The van der Waals surface area contributed by atoms with Crippen LogP contribution in [-0.4, -0.2) is 57.8 Å². The summed E-state index contributed by atoms with van der Waals surface area (Å²) in [5, 5.41) is 11.5. The van der Waals surface area contributed by atoms with Crippen LogP contribution in [0.5, 0.6) is 11.8 Å². The predicted molar refractivity (Wildman–Crippen MR) is 139 cm³/mol. The minimum absolute atomic E-state index is 0.211. The third kappa shape index (κ3) is 5.28. The molecular formula is C27H26F3N5O5. The zero-order chi connectivity index (χ0) is 28.1. The summed E-state index contributed by atoms with van der Waals surface area (Å²) in [7, 11) is 0. The minimum atomic E-state index is -4.40. The molecule has 0 N–H and O–H groups in total. The Morgan fingerprint density at radius 1 is 1.10 bits per heavy atom. The number of benzene rings is 2. The van der Waals surface area contributed by atoms with E-state index in [1.165, 1.54) is 12.3 Å². The minimum Gasteiger partial charge on any atom is -0.489 e. The van der Waals surface area contributed by atoms with Crippen LogP contribution in [0.25, 0.3) is 11.0 Å². The van der Waals surface area contributed by atoms with E-state index in [9.17, 15) is 23.3 Å². The monoisotopic (exact) mass is 557 g/mol. The van der Waals surface area contributed by atoms with Crippen LogP contribution in [0.3, 0.4) is 0 Å². The second-order valence-corrected chi connectivity index (χ2v) is 10.3. The van der Waals surface area contributed by atoms with Gasteiger partial charge >= 0.3 is 18.0 Å². The molecule has 4 heterocycles. The lowest BCUT2D eigenvalue weighted by molar-refractivity contribution is -0.389. The van der Waals surface area contributed by atoms with Gasteiger partial charge in [-0.2, -0.15) is 13.2 Å². The van der Waals surface area contributed by atoms with Crippen LogP contribution in [0.15, 0.2) is 59.1 Å². The number of fused-ring (bicyclic) bond motifs is 2. The summed E-state index contributed by atoms with van der Waals surface area (Å²) >= 11 is 0. The maximum atomic E-state index is 13.0. The fraction of sp³-hybridized carbons (Fsp3) is 0.370. The molecule has 2 aromatic heterocycles. The molecule has 0 aliphatic carbocycles. The number of ether oxygens (including phenoxy) is 2. The van der Waals surface area contributed by atoms with E-state index in [0.717, 1.165) is 44.0 Å². The van der Waals surface area contributed by atoms with E-state index in [0.29, 0.717) is 30.0 Å². The number of imidazole rings is 1. The van der Waals surface area contributed by atoms with Gasteiger partial charge in [0.2, 0.25) is 0 Å². The van der Waals surface area contributed by atoms with Crippen molar-refractivity contribution >= 4 is 22.5 Å². The Hall–Kier alpha value is -4.26. The Kier molecular flexibility index (Phi) is 6.32. The number of alkyl halides is 3. The zero-order valence-electron chi connectivity index (χ0n) is 21.6. The third-order valence-electron chi connectivity index (χ3n) is 7.15. The van der Waals surface area contributed by atoms with Gasteiger partial charge in [0.25, 0.3) is 0 Å². The second-order valence-electron chi connectivity index (χ2n) is 10.3. The van der Waals surface area contributed by atoms with Crippen molar-refractivity contribution < 1.29 is 32.0 Å². The molecule has 210 valence electrons. The predicted octanol–water partition coefficient (Wildman–Crippen LogP) is 5.11. The molecule has 1 saturated heterocycles. The highest BCUT2D eigenvalue weighted by Gasteiger charge is 2.41. The van der Waals surface area contributed by atoms with Gasteiger partial charge in [-0.05, 0) is 54.3 Å². The molecule has 0 amide bonds. The summed E-state index contributed by atoms with van der Waals surface area (Å²) in [5.74, 6) is 1.08. The highest BCUT2D eigenvalue weighted by Crippen LogP contribution is 2.33. The average molecular weight is 558 g/mol. The number of hydrogen-bond acceptors (Lipinski definition) is 8. The van der Waals surface area contributed by atoms with Gasteiger partial charge in [0, 0.05) is 42.2 Å². The highest BCUT2D eigenvalue weighted by molar-refractivity contribution is 5.78. The van der Waals surface area contributed by atoms with Gasteiger partial charge in [-0.1, -0.05) is 6.07 Å². The molecule has 6 rings (SSSR count). The molecular weight excluding hydrogens is 531 g/mol. The van der Waals surface area contributed by atoms with Crippen LogP contribution in [0, 0.1) is 10.1 Å². The second kappa shape index (κ2) is 9.73. The molecule has 13 heteroatoms. The normalized spacial score (nSPS) is 19.6. The van der Waals surface area contributed by atoms with E-state index in [4.69, 9.17) is 13.9 Å². The molecule has 0 bridgehead atoms. The van der Waals surface area contributed by atoms with Crippen molar-refractivity contribution in [2.45, 2.75) is 31.8 Å². The van der Waals surface area contributed by atoms with Crippen LogP contribution < -0.4 is 14.4 Å². The number of aromatic nitrogens is 2. The Labute approximate surface area is 226 Å². The van der Waals surface area contributed by atoms with Crippen LogP contribution in [0.1, 0.15) is 18.2 Å². The van der Waals surface area contributed by atoms with Gasteiger partial charge in [-0.25, -0.2) is 0 Å². The Bertz CT molecular complexity index is 1520. The largest absolute Gasteiger partial charge is 0.489 e. The molecule has 0 saturated carbocycles. The van der Waals surface area contributed by atoms with Crippen LogP contribution in [0.4, 0.5) is 24.7 Å². The molecule has 4 aromatic rings. The molecule has 40 heavy (non-hydrogen) atoms. The molecule has 0 spiro atoms. The zero-order valence-corrected chi connectivity index (χ0v) is 21.6. The lowest BCUT2D eigenvalue weighted by Gasteiger charge is -2.35. The van der Waals surface area contributed by atoms with Crippen molar-refractivity contribution in [2.24, 2.45) is 0 Å². The average Bonchev–Trinajstić information content (AvgIpc) is 3.58. The Morgan fingerprint density at radius 3 is 2.52 bits per heavy atom. The van der Waals surface area contributed by atoms with Gasteiger partial charge in [0.15, 0.2) is 5.60 Å². The number of furan rings is 1. The number of halogens is 3. The van der Waals surface area contributed by atoms with Gasteiger partial charge in [0.05, 0.1) is 18.7 Å². The number of nitro groups is 1. The van der Waals surface area contributed by atoms with E-state index in [-0.39, 0.29) is 24.0 Å². The first kappa shape index (κ1) is 26.0. The Balaban J connectivity index is 0.993. The first-order chi connectivity index (χ1) is 19.0. The fourth-order valence-corrected chi connectivity index (χ4v) is 5.07. The van der Waals surface area contributed by atoms with E-state index >= 15 is 0 Å². The quantitative estimate of drug-likeness (QED) is 0.228. The molecule has 0 radical (unpaired) electrons. The maximum absolute atomic E-state index is 13.0. The van der Waals surface area contributed by atoms with Crippen molar-refractivity contribution in [3.05, 3.63) is 76.2 Å². The summed E-state index contributed by atoms with van der Waals surface area (Å²) in [5.41, 5.74) is -0.0965. The van der Waals surface area contributed by atoms with Crippen molar-refractivity contribution in [3.8, 4) is 11.8 Å². The van der Waals surface area contributed by atoms with E-state index in [2.05, 4.69) is 14.8 Å². The van der Waals surface area contributed by atoms with E-state index in [1.54, 1.807) is 10.6 Å². The fourth-order valence-electron chi connectivity index (χ4n) is 5.07. The lowest BCUT2D eigenvalue weighted by Crippen LogP contribution is -2.45. The molecule has 1 fully saturated rings. The molecule has 10 nitrogen and oxygen atoms in total. The molecule has 2 aromatic carbocycles. The number of nitrogens with zero attached hydrogens (tertiary/aromatic N) is 5. The van der Waals surface area contributed by atoms with Crippen molar-refractivity contribution in [1.82, 2.24) is 14.5 Å². The number of rotatable bonds is 7. The molecule has 1 atom stereocenters. The standard InChI is InChI=1S/C27H26F3N5O5/c1-26(16-34-15-24(35(36)37)31-25(34)40-26)17-38-21-6-4-20(5-7-21)33-10-8-32(9-11-33)14-22-12-18-2-3-19(27(28,29)30)13-23(18)39-22/h2-7,12-13,15H,8-11,14,16-17H2,1H3/t26-/m1/s1. The SMILES string of the molecule is C[C@]1(COc2ccc(N3CCN(Cc4cc5ccc(C(F)(F)F)cc5o4)CC3)cc2)Cn2cc([N+](=O)[O-])nc2O1. The first-order valence-electron chi connectivity index (χ1n) is 12.8. The lowest BCUT2D eigenvalue weighted by atomic mass is 10.1. The van der Waals surface area contributed by atoms with Gasteiger partial charge in [0.1, 0.15) is 29.9 Å². The smallest absolute Gasteiger partial charge is 0.416 e. The van der Waals surface area contributed by atoms with Crippen molar-refractivity contribution in [1.29, 1.82) is 0 Å². The van der Waals surface area contributed by atoms with Crippen molar-refractivity contribution in [3.63, 3.8) is 0 Å². The summed E-state index contributed by atoms with van der Waals surface area (Å²) in [6.07, 6.45) is -3.04. The van der Waals surface area contributed by atoms with E-state index < -0.39 is 22.3 Å². The summed E-state index contributed by atoms with van der Waals surface area (Å²) in [6, 6.07) is 13.4. The molecule has 2 aliphatic rings. The number of anilines is 1. The van der Waals surface area contributed by atoms with E-state index in [1.807, 2.05) is 31.2 Å². The van der Waals surface area contributed by atoms with Crippen molar-refractivity contribution in [2.75, 3.05) is 37.7 Å². The van der Waals surface area contributed by atoms with Gasteiger partial charge in [-0.15, -0.1) is 0 Å². The molecule has 2 aliphatic heterocycles. The van der Waals surface area contributed by atoms with Crippen LogP contribution >= 0.6 is 0 Å². The summed E-state index contributed by atoms with van der Waals surface area (Å²) < 4.78 is 58.1. The highest BCUT2D eigenvalue weighted by atomic mass is 19.4. The Morgan fingerprint density at radius 2 is 1.85 bits per heavy atom. The number of hydrogen-bond donors (Lipinski definition) is 0. The molecule has 0 unspecified atom stereocenters. The van der Waals surface area contributed by atoms with Crippen LogP contribution in [-0.2, 0) is 19.3 Å². The maximum Gasteiger partial charge on any atom is 0.416 e.